The van der Waals surface area contributed by atoms with E-state index in [9.17, 15) is 9.90 Å². The van der Waals surface area contributed by atoms with Crippen LogP contribution in [0.3, 0.4) is 0 Å². The van der Waals surface area contributed by atoms with Crippen molar-refractivity contribution >= 4 is 22.6 Å². The first kappa shape index (κ1) is 18.3. The molecule has 0 bridgehead atoms. The third kappa shape index (κ3) is 3.70. The number of benzene rings is 1. The Morgan fingerprint density at radius 1 is 1.32 bits per heavy atom. The Morgan fingerprint density at radius 3 is 2.84 bits per heavy atom. The molecule has 1 aromatic heterocycles. The highest BCUT2D eigenvalue weighted by atomic mass is 35.5. The number of halogens is 1. The Kier molecular flexibility index (Phi) is 5.70. The van der Waals surface area contributed by atoms with E-state index in [4.69, 9.17) is 16.0 Å². The summed E-state index contributed by atoms with van der Waals surface area (Å²) in [6, 6.07) is 3.75. The maximum Gasteiger partial charge on any atom is 0.336 e. The fraction of sp³-hybridized carbons (Fsp3) is 0.550. The average Bonchev–Trinajstić information content (AvgIpc) is 2.60. The quantitative estimate of drug-likeness (QED) is 0.770. The number of nitrogens with zero attached hydrogens (tertiary/aromatic N) is 1. The van der Waals surface area contributed by atoms with Gasteiger partial charge in [-0.2, -0.15) is 0 Å². The number of rotatable bonds is 5. The molecule has 25 heavy (non-hydrogen) atoms. The van der Waals surface area contributed by atoms with E-state index in [2.05, 4.69) is 18.7 Å². The number of aromatic hydroxyl groups is 1. The van der Waals surface area contributed by atoms with Gasteiger partial charge in [0.1, 0.15) is 11.3 Å². The second-order valence-corrected chi connectivity index (χ2v) is 7.34. The molecule has 1 N–H and O–H groups in total. The molecule has 1 aliphatic heterocycles. The summed E-state index contributed by atoms with van der Waals surface area (Å²) in [7, 11) is 0. The van der Waals surface area contributed by atoms with Crippen LogP contribution in [0.25, 0.3) is 11.0 Å². The van der Waals surface area contributed by atoms with Gasteiger partial charge in [-0.05, 0) is 43.9 Å². The van der Waals surface area contributed by atoms with Crippen molar-refractivity contribution in [1.82, 2.24) is 4.90 Å². The zero-order chi connectivity index (χ0) is 18.0. The molecule has 3 rings (SSSR count). The van der Waals surface area contributed by atoms with Crippen LogP contribution < -0.4 is 5.63 Å². The number of phenols is 1. The molecule has 0 amide bonds. The Labute approximate surface area is 153 Å². The molecule has 1 aromatic carbocycles. The summed E-state index contributed by atoms with van der Waals surface area (Å²) < 4.78 is 5.53. The van der Waals surface area contributed by atoms with Crippen LogP contribution in [-0.2, 0) is 13.0 Å². The van der Waals surface area contributed by atoms with Gasteiger partial charge in [0.05, 0.1) is 10.6 Å². The molecule has 0 aliphatic carbocycles. The van der Waals surface area contributed by atoms with E-state index >= 15 is 0 Å². The number of hydrogen-bond acceptors (Lipinski definition) is 4. The molecular weight excluding hydrogens is 338 g/mol. The normalized spacial score (nSPS) is 18.8. The molecule has 0 unspecified atom stereocenters. The van der Waals surface area contributed by atoms with E-state index in [1.807, 2.05) is 0 Å². The third-order valence-corrected chi connectivity index (χ3v) is 5.53. The zero-order valence-corrected chi connectivity index (χ0v) is 15.7. The number of piperidine rings is 1. The smallest absolute Gasteiger partial charge is 0.336 e. The number of hydrogen-bond donors (Lipinski definition) is 1. The Bertz CT molecular complexity index is 815. The Morgan fingerprint density at radius 2 is 2.12 bits per heavy atom. The second kappa shape index (κ2) is 7.79. The van der Waals surface area contributed by atoms with Crippen molar-refractivity contribution in [3.05, 3.63) is 38.7 Å². The van der Waals surface area contributed by atoms with Gasteiger partial charge in [-0.15, -0.1) is 0 Å². The molecule has 1 aliphatic rings. The summed E-state index contributed by atoms with van der Waals surface area (Å²) in [5.41, 5.74) is 1.68. The highest BCUT2D eigenvalue weighted by molar-refractivity contribution is 6.33. The van der Waals surface area contributed by atoms with Gasteiger partial charge in [-0.3, -0.25) is 4.90 Å². The summed E-state index contributed by atoms with van der Waals surface area (Å²) in [4.78, 5) is 14.4. The van der Waals surface area contributed by atoms with Crippen molar-refractivity contribution in [1.29, 1.82) is 0 Å². The molecule has 2 heterocycles. The van der Waals surface area contributed by atoms with E-state index in [0.717, 1.165) is 43.2 Å². The minimum atomic E-state index is -0.371. The number of phenolic OH excluding ortho intramolecular Hbond substituents is 1. The van der Waals surface area contributed by atoms with Gasteiger partial charge in [0, 0.05) is 24.0 Å². The molecule has 1 atom stereocenters. The van der Waals surface area contributed by atoms with Crippen LogP contribution in [-0.4, -0.2) is 22.6 Å². The van der Waals surface area contributed by atoms with Gasteiger partial charge < -0.3 is 9.52 Å². The molecule has 0 saturated carbocycles. The van der Waals surface area contributed by atoms with Gasteiger partial charge in [0.25, 0.3) is 0 Å². The summed E-state index contributed by atoms with van der Waals surface area (Å²) >= 11 is 6.30. The first-order chi connectivity index (χ1) is 12.0. The first-order valence-corrected chi connectivity index (χ1v) is 9.64. The van der Waals surface area contributed by atoms with E-state index in [1.54, 1.807) is 12.1 Å². The topological polar surface area (TPSA) is 53.7 Å². The summed E-state index contributed by atoms with van der Waals surface area (Å²) in [6.07, 6.45) is 6.35. The first-order valence-electron chi connectivity index (χ1n) is 9.26. The van der Waals surface area contributed by atoms with E-state index < -0.39 is 0 Å². The predicted octanol–water partition coefficient (Wildman–Crippen LogP) is 4.87. The molecule has 1 saturated heterocycles. The van der Waals surface area contributed by atoms with Crippen LogP contribution >= 0.6 is 11.6 Å². The predicted molar refractivity (Wildman–Crippen MR) is 101 cm³/mol. The zero-order valence-electron chi connectivity index (χ0n) is 15.0. The van der Waals surface area contributed by atoms with Crippen LogP contribution in [0.2, 0.25) is 5.02 Å². The molecule has 5 heteroatoms. The molecule has 4 nitrogen and oxygen atoms in total. The van der Waals surface area contributed by atoms with Crippen molar-refractivity contribution < 1.29 is 9.52 Å². The van der Waals surface area contributed by atoms with Crippen molar-refractivity contribution in [3.63, 3.8) is 0 Å². The second-order valence-electron chi connectivity index (χ2n) is 6.93. The summed E-state index contributed by atoms with van der Waals surface area (Å²) in [5.74, 6) is 0.0337. The highest BCUT2D eigenvalue weighted by Crippen LogP contribution is 2.37. The standard InChI is InChI=1S/C20H26ClNO3/c1-3-7-13-10-18(23)25-20-15(13)11-17(21)19(24)16(20)12-22-9-6-5-8-14(22)4-2/h10-11,14,24H,3-9,12H2,1-2H3/t14-/m0/s1. The van der Waals surface area contributed by atoms with Crippen LogP contribution in [0.15, 0.2) is 21.3 Å². The highest BCUT2D eigenvalue weighted by Gasteiger charge is 2.25. The van der Waals surface area contributed by atoms with Gasteiger partial charge in [-0.1, -0.05) is 38.3 Å². The van der Waals surface area contributed by atoms with Gasteiger partial charge in [-0.25, -0.2) is 4.79 Å². The van der Waals surface area contributed by atoms with Crippen LogP contribution in [0.4, 0.5) is 0 Å². The maximum atomic E-state index is 12.0. The monoisotopic (exact) mass is 363 g/mol. The number of aryl methyl sites for hydroxylation is 1. The lowest BCUT2D eigenvalue weighted by Gasteiger charge is -2.35. The minimum Gasteiger partial charge on any atom is -0.506 e. The van der Waals surface area contributed by atoms with E-state index in [1.165, 1.54) is 12.8 Å². The van der Waals surface area contributed by atoms with Crippen molar-refractivity contribution in [2.24, 2.45) is 0 Å². The molecule has 136 valence electrons. The Hall–Kier alpha value is -1.52. The van der Waals surface area contributed by atoms with Crippen molar-refractivity contribution in [2.75, 3.05) is 6.54 Å². The van der Waals surface area contributed by atoms with Gasteiger partial charge in [0.2, 0.25) is 0 Å². The van der Waals surface area contributed by atoms with Gasteiger partial charge >= 0.3 is 5.63 Å². The van der Waals surface area contributed by atoms with E-state index in [-0.39, 0.29) is 11.4 Å². The van der Waals surface area contributed by atoms with E-state index in [0.29, 0.717) is 28.8 Å². The molecule has 2 aromatic rings. The average molecular weight is 364 g/mol. The maximum absolute atomic E-state index is 12.0. The summed E-state index contributed by atoms with van der Waals surface area (Å²) in [5, 5.41) is 11.7. The molecule has 0 spiro atoms. The number of fused-ring (bicyclic) bond motifs is 1. The SMILES string of the molecule is CCCc1cc(=O)oc2c(CN3CCCC[C@@H]3CC)c(O)c(Cl)cc12. The Balaban J connectivity index is 2.12. The summed E-state index contributed by atoms with van der Waals surface area (Å²) in [6.45, 7) is 5.81. The fourth-order valence-electron chi connectivity index (χ4n) is 3.94. The lowest BCUT2D eigenvalue weighted by atomic mass is 9.97. The minimum absolute atomic E-state index is 0.0337. The molecular formula is C20H26ClNO3. The van der Waals surface area contributed by atoms with Gasteiger partial charge in [0.15, 0.2) is 0 Å². The van der Waals surface area contributed by atoms with Crippen LogP contribution in [0, 0.1) is 0 Å². The lowest BCUT2D eigenvalue weighted by molar-refractivity contribution is 0.135. The fourth-order valence-corrected chi connectivity index (χ4v) is 4.16. The largest absolute Gasteiger partial charge is 0.506 e. The number of likely N-dealkylation sites (tertiary alicyclic amines) is 1. The third-order valence-electron chi connectivity index (χ3n) is 5.24. The lowest BCUT2D eigenvalue weighted by Crippen LogP contribution is -2.38. The van der Waals surface area contributed by atoms with Crippen LogP contribution in [0.5, 0.6) is 5.75 Å². The molecule has 0 radical (unpaired) electrons. The van der Waals surface area contributed by atoms with Crippen LogP contribution in [0.1, 0.15) is 57.1 Å². The molecule has 1 fully saturated rings. The van der Waals surface area contributed by atoms with Crippen molar-refractivity contribution in [2.45, 2.75) is 65.0 Å². The van der Waals surface area contributed by atoms with Crippen molar-refractivity contribution in [3.8, 4) is 5.75 Å².